The number of anilines is 1. The van der Waals surface area contributed by atoms with E-state index in [1.54, 1.807) is 13.8 Å². The average Bonchev–Trinajstić information content (AvgIpc) is 2.76. The molecule has 1 heterocycles. The molecule has 1 aromatic carbocycles. The average molecular weight is 348 g/mol. The minimum Gasteiger partial charge on any atom is -0.405 e. The van der Waals surface area contributed by atoms with Crippen LogP contribution in [-0.4, -0.2) is 6.36 Å². The fraction of sp³-hybridized carbons (Fsp3) is 0.400. The van der Waals surface area contributed by atoms with Crippen molar-refractivity contribution in [2.45, 2.75) is 40.0 Å². The monoisotopic (exact) mass is 348 g/mol. The fourth-order valence-corrected chi connectivity index (χ4v) is 3.09. The molecule has 0 radical (unpaired) electrons. The summed E-state index contributed by atoms with van der Waals surface area (Å²) in [6.07, 6.45) is -4.95. The third kappa shape index (κ3) is 3.85. The summed E-state index contributed by atoms with van der Waals surface area (Å²) in [5.41, 5.74) is 5.74. The highest BCUT2D eigenvalue weighted by Crippen LogP contribution is 2.44. The highest BCUT2D eigenvalue weighted by molar-refractivity contribution is 7.23. The first-order chi connectivity index (χ1) is 10.7. The fourth-order valence-electron chi connectivity index (χ4n) is 2.15. The van der Waals surface area contributed by atoms with Crippen LogP contribution in [0.2, 0.25) is 0 Å². The van der Waals surface area contributed by atoms with E-state index in [0.717, 1.165) is 11.3 Å². The van der Waals surface area contributed by atoms with Crippen molar-refractivity contribution >= 4 is 26.4 Å². The molecule has 0 unspecified atom stereocenters. The second-order valence-corrected chi connectivity index (χ2v) is 5.68. The molecule has 1 aromatic heterocycles. The maximum atomic E-state index is 14.0. The van der Waals surface area contributed by atoms with Gasteiger partial charge in [-0.2, -0.15) is 5.26 Å². The summed E-state index contributed by atoms with van der Waals surface area (Å²) in [5, 5.41) is 9.28. The number of hydrogen-bond acceptors (Lipinski definition) is 4. The summed E-state index contributed by atoms with van der Waals surface area (Å²) in [6.45, 7) is 7.26. The van der Waals surface area contributed by atoms with Crippen LogP contribution in [0, 0.1) is 17.1 Å². The summed E-state index contributed by atoms with van der Waals surface area (Å²) in [6, 6.07) is 2.50. The molecule has 3 nitrogen and oxygen atoms in total. The van der Waals surface area contributed by atoms with E-state index < -0.39 is 23.8 Å². The maximum Gasteiger partial charge on any atom is 0.573 e. The van der Waals surface area contributed by atoms with Crippen LogP contribution in [0.15, 0.2) is 6.07 Å². The standard InChI is InChI=1S/C13H10F4N2OS.C2H6/c1-5(2)9-8(20-13(15,16)17)3-7(14)11-10(9)6(4-18)12(19)21-11;1-2/h3,5H,19H2,1-2H3;1-2H3. The largest absolute Gasteiger partial charge is 0.573 e. The van der Waals surface area contributed by atoms with Crippen LogP contribution in [0.5, 0.6) is 5.75 Å². The molecule has 0 aliphatic rings. The molecule has 23 heavy (non-hydrogen) atoms. The number of nitrogens with zero attached hydrogens (tertiary/aromatic N) is 1. The summed E-state index contributed by atoms with van der Waals surface area (Å²) in [5.74, 6) is -1.95. The van der Waals surface area contributed by atoms with E-state index in [-0.39, 0.29) is 26.2 Å². The Kier molecular flexibility index (Phi) is 5.83. The van der Waals surface area contributed by atoms with E-state index in [2.05, 4.69) is 4.74 Å². The van der Waals surface area contributed by atoms with Gasteiger partial charge in [0.05, 0.1) is 10.3 Å². The summed E-state index contributed by atoms with van der Waals surface area (Å²) >= 11 is 0.832. The zero-order chi connectivity index (χ0) is 17.9. The van der Waals surface area contributed by atoms with E-state index in [1.165, 1.54) is 0 Å². The molecular formula is C15H16F4N2OS. The topological polar surface area (TPSA) is 59.0 Å². The van der Waals surface area contributed by atoms with Gasteiger partial charge in [0, 0.05) is 17.0 Å². The van der Waals surface area contributed by atoms with E-state index in [4.69, 9.17) is 11.0 Å². The van der Waals surface area contributed by atoms with Gasteiger partial charge in [-0.15, -0.1) is 24.5 Å². The van der Waals surface area contributed by atoms with Crippen LogP contribution in [0.25, 0.3) is 10.1 Å². The molecule has 2 aromatic rings. The van der Waals surface area contributed by atoms with Crippen molar-refractivity contribution in [3.8, 4) is 11.8 Å². The van der Waals surface area contributed by atoms with E-state index >= 15 is 0 Å². The molecular weight excluding hydrogens is 332 g/mol. The molecule has 0 atom stereocenters. The van der Waals surface area contributed by atoms with Gasteiger partial charge in [0.25, 0.3) is 0 Å². The van der Waals surface area contributed by atoms with Crippen molar-refractivity contribution in [3.05, 3.63) is 23.0 Å². The van der Waals surface area contributed by atoms with Crippen LogP contribution in [0.1, 0.15) is 44.7 Å². The number of hydrogen-bond donors (Lipinski definition) is 1. The number of nitriles is 1. The van der Waals surface area contributed by atoms with Crippen molar-refractivity contribution in [2.24, 2.45) is 0 Å². The van der Waals surface area contributed by atoms with Gasteiger partial charge in [0.1, 0.15) is 22.6 Å². The second-order valence-electron chi connectivity index (χ2n) is 4.63. The van der Waals surface area contributed by atoms with Crippen molar-refractivity contribution < 1.29 is 22.3 Å². The van der Waals surface area contributed by atoms with Crippen molar-refractivity contribution in [1.29, 1.82) is 5.26 Å². The first-order valence-electron chi connectivity index (χ1n) is 6.86. The summed E-state index contributed by atoms with van der Waals surface area (Å²) in [7, 11) is 0. The van der Waals surface area contributed by atoms with Gasteiger partial charge in [-0.1, -0.05) is 27.7 Å². The van der Waals surface area contributed by atoms with E-state index in [9.17, 15) is 17.6 Å². The van der Waals surface area contributed by atoms with Crippen LogP contribution < -0.4 is 10.5 Å². The summed E-state index contributed by atoms with van der Waals surface area (Å²) < 4.78 is 55.4. The molecule has 0 amide bonds. The number of nitrogens with two attached hydrogens (primary N) is 1. The smallest absolute Gasteiger partial charge is 0.405 e. The second kappa shape index (κ2) is 7.04. The van der Waals surface area contributed by atoms with Gasteiger partial charge in [0.2, 0.25) is 0 Å². The number of fused-ring (bicyclic) bond motifs is 1. The summed E-state index contributed by atoms with van der Waals surface area (Å²) in [4.78, 5) is 0. The zero-order valence-electron chi connectivity index (χ0n) is 13.0. The van der Waals surface area contributed by atoms with Gasteiger partial charge in [-0.25, -0.2) is 4.39 Å². The van der Waals surface area contributed by atoms with E-state index in [1.807, 2.05) is 19.9 Å². The van der Waals surface area contributed by atoms with Gasteiger partial charge in [-0.3, -0.25) is 0 Å². The predicted octanol–water partition coefficient (Wildman–Crippen LogP) is 5.54. The molecule has 0 saturated carbocycles. The molecule has 0 bridgehead atoms. The Balaban J connectivity index is 0.00000127. The van der Waals surface area contributed by atoms with Gasteiger partial charge >= 0.3 is 6.36 Å². The van der Waals surface area contributed by atoms with Crippen molar-refractivity contribution in [3.63, 3.8) is 0 Å². The molecule has 0 aliphatic carbocycles. The minimum absolute atomic E-state index is 0.0229. The number of halogens is 4. The van der Waals surface area contributed by atoms with Crippen LogP contribution >= 0.6 is 11.3 Å². The molecule has 126 valence electrons. The van der Waals surface area contributed by atoms with Crippen LogP contribution in [0.4, 0.5) is 22.6 Å². The SMILES string of the molecule is CC.CC(C)c1c(OC(F)(F)F)cc(F)c2sc(N)c(C#N)c12. The number of ether oxygens (including phenoxy) is 1. The van der Waals surface area contributed by atoms with Gasteiger partial charge < -0.3 is 10.5 Å². The number of rotatable bonds is 2. The van der Waals surface area contributed by atoms with Crippen LogP contribution in [0.3, 0.4) is 0 Å². The number of thiophene rings is 1. The molecule has 0 aliphatic heterocycles. The Morgan fingerprint density at radius 2 is 1.87 bits per heavy atom. The van der Waals surface area contributed by atoms with Gasteiger partial charge in [-0.05, 0) is 5.92 Å². The predicted molar refractivity (Wildman–Crippen MR) is 83.0 cm³/mol. The lowest BCUT2D eigenvalue weighted by atomic mass is 9.95. The highest BCUT2D eigenvalue weighted by atomic mass is 32.1. The van der Waals surface area contributed by atoms with Crippen LogP contribution in [-0.2, 0) is 0 Å². The Bertz CT molecular complexity index is 745. The lowest BCUT2D eigenvalue weighted by Crippen LogP contribution is -2.18. The Labute approximate surface area is 135 Å². The normalized spacial score (nSPS) is 11.1. The Hall–Kier alpha value is -2.01. The lowest BCUT2D eigenvalue weighted by Gasteiger charge is -2.17. The Morgan fingerprint density at radius 3 is 2.30 bits per heavy atom. The number of alkyl halides is 3. The number of benzene rings is 1. The highest BCUT2D eigenvalue weighted by Gasteiger charge is 2.34. The number of nitrogen functional groups attached to an aromatic ring is 1. The zero-order valence-corrected chi connectivity index (χ0v) is 13.8. The van der Waals surface area contributed by atoms with Gasteiger partial charge in [0.15, 0.2) is 0 Å². The molecule has 2 rings (SSSR count). The first-order valence-corrected chi connectivity index (χ1v) is 7.67. The first kappa shape index (κ1) is 19.0. The van der Waals surface area contributed by atoms with Crippen molar-refractivity contribution in [2.75, 3.05) is 5.73 Å². The molecule has 8 heteroatoms. The molecule has 0 spiro atoms. The lowest BCUT2D eigenvalue weighted by molar-refractivity contribution is -0.274. The van der Waals surface area contributed by atoms with E-state index in [0.29, 0.717) is 6.07 Å². The maximum absolute atomic E-state index is 14.0. The molecule has 2 N–H and O–H groups in total. The molecule has 0 fully saturated rings. The quantitative estimate of drug-likeness (QED) is 0.725. The van der Waals surface area contributed by atoms with Crippen molar-refractivity contribution in [1.82, 2.24) is 0 Å². The minimum atomic E-state index is -4.95. The molecule has 0 saturated heterocycles. The third-order valence-electron chi connectivity index (χ3n) is 2.86. The third-order valence-corrected chi connectivity index (χ3v) is 3.89. The Morgan fingerprint density at radius 1 is 1.30 bits per heavy atom.